The van der Waals surface area contributed by atoms with Crippen LogP contribution in [0.4, 0.5) is 4.79 Å². The Hall–Kier alpha value is -3.35. The highest BCUT2D eigenvalue weighted by Crippen LogP contribution is 2.63. The monoisotopic (exact) mass is 460 g/mol. The van der Waals surface area contributed by atoms with Gasteiger partial charge in [0.1, 0.15) is 12.6 Å². The third kappa shape index (κ3) is 3.54. The van der Waals surface area contributed by atoms with E-state index in [1.807, 2.05) is 24.3 Å². The standard InChI is InChI=1S/C27H28N2O5/c30-24(28-17-11-16-12-27(16,13-17)25(31)32)23(15-9-10-15)29-26(33)34-14-22-20-7-3-1-5-18(20)19-6-2-4-8-21(19)22/h1-8,15-17,22-23H,9-14H2,(H,28,30)(H,29,33)(H,31,32). The minimum absolute atomic E-state index is 0.0382. The summed E-state index contributed by atoms with van der Waals surface area (Å²) in [4.78, 5) is 37.2. The number of ether oxygens (including phenoxy) is 1. The predicted octanol–water partition coefficient (Wildman–Crippen LogP) is 3.67. The van der Waals surface area contributed by atoms with E-state index >= 15 is 0 Å². The van der Waals surface area contributed by atoms with Crippen LogP contribution in [0.5, 0.6) is 0 Å². The highest BCUT2D eigenvalue weighted by Gasteiger charge is 2.65. The smallest absolute Gasteiger partial charge is 0.407 e. The van der Waals surface area contributed by atoms with Crippen LogP contribution in [0.25, 0.3) is 11.1 Å². The van der Waals surface area contributed by atoms with E-state index in [2.05, 4.69) is 34.9 Å². The molecule has 0 bridgehead atoms. The molecular weight excluding hydrogens is 432 g/mol. The van der Waals surface area contributed by atoms with Crippen LogP contribution in [-0.2, 0) is 14.3 Å². The highest BCUT2D eigenvalue weighted by molar-refractivity contribution is 5.87. The third-order valence-electron chi connectivity index (χ3n) is 8.18. The van der Waals surface area contributed by atoms with Crippen molar-refractivity contribution >= 4 is 18.0 Å². The Morgan fingerprint density at radius 3 is 2.24 bits per heavy atom. The summed E-state index contributed by atoms with van der Waals surface area (Å²) >= 11 is 0. The summed E-state index contributed by atoms with van der Waals surface area (Å²) in [5.41, 5.74) is 3.96. The Bertz CT molecular complexity index is 1130. The number of carboxylic acids is 1. The molecule has 34 heavy (non-hydrogen) atoms. The molecule has 3 saturated carbocycles. The lowest BCUT2D eigenvalue weighted by molar-refractivity contribution is -0.143. The van der Waals surface area contributed by atoms with Crippen LogP contribution < -0.4 is 10.6 Å². The van der Waals surface area contributed by atoms with Crippen molar-refractivity contribution in [3.63, 3.8) is 0 Å². The summed E-state index contributed by atoms with van der Waals surface area (Å²) in [6, 6.07) is 15.5. The van der Waals surface area contributed by atoms with E-state index in [0.29, 0.717) is 19.3 Å². The van der Waals surface area contributed by atoms with E-state index < -0.39 is 23.5 Å². The molecule has 3 fully saturated rings. The number of benzene rings is 2. The molecule has 0 spiro atoms. The minimum atomic E-state index is -0.759. The van der Waals surface area contributed by atoms with Crippen molar-refractivity contribution in [3.8, 4) is 11.1 Å². The lowest BCUT2D eigenvalue weighted by atomic mass is 9.98. The van der Waals surface area contributed by atoms with Gasteiger partial charge in [0.15, 0.2) is 0 Å². The van der Waals surface area contributed by atoms with E-state index in [-0.39, 0.29) is 36.3 Å². The van der Waals surface area contributed by atoms with Gasteiger partial charge in [-0.05, 0) is 66.2 Å². The topological polar surface area (TPSA) is 105 Å². The molecule has 4 aliphatic rings. The summed E-state index contributed by atoms with van der Waals surface area (Å²) in [5, 5.41) is 15.3. The average molecular weight is 461 g/mol. The fourth-order valence-electron chi connectivity index (χ4n) is 6.15. The lowest BCUT2D eigenvalue weighted by Gasteiger charge is -2.22. The molecular formula is C27H28N2O5. The van der Waals surface area contributed by atoms with Crippen molar-refractivity contribution in [3.05, 3.63) is 59.7 Å². The van der Waals surface area contributed by atoms with Crippen LogP contribution in [0.2, 0.25) is 0 Å². The maximum atomic E-state index is 13.0. The Kier molecular flexibility index (Phi) is 4.90. The van der Waals surface area contributed by atoms with Gasteiger partial charge in [-0.25, -0.2) is 4.79 Å². The number of hydrogen-bond acceptors (Lipinski definition) is 4. The SMILES string of the molecule is O=C(NC(C(=O)NC1CC2CC2(C(=O)O)C1)C1CC1)OCC1c2ccccc2-c2ccccc21. The fourth-order valence-corrected chi connectivity index (χ4v) is 6.15. The number of fused-ring (bicyclic) bond motifs is 4. The molecule has 7 nitrogen and oxygen atoms in total. The number of amides is 2. The Labute approximate surface area is 197 Å². The summed E-state index contributed by atoms with van der Waals surface area (Å²) in [7, 11) is 0. The Morgan fingerprint density at radius 1 is 1.00 bits per heavy atom. The van der Waals surface area contributed by atoms with Crippen molar-refractivity contribution in [2.75, 3.05) is 6.61 Å². The van der Waals surface area contributed by atoms with E-state index in [9.17, 15) is 19.5 Å². The van der Waals surface area contributed by atoms with Crippen molar-refractivity contribution in [2.45, 2.75) is 50.1 Å². The second-order valence-electron chi connectivity index (χ2n) is 10.3. The largest absolute Gasteiger partial charge is 0.481 e. The first-order valence-electron chi connectivity index (χ1n) is 12.1. The number of alkyl carbamates (subject to hydrolysis) is 1. The summed E-state index contributed by atoms with van der Waals surface area (Å²) in [5.74, 6) is -0.772. The van der Waals surface area contributed by atoms with E-state index in [0.717, 1.165) is 35.1 Å². The molecule has 3 N–H and O–H groups in total. The maximum absolute atomic E-state index is 13.0. The minimum Gasteiger partial charge on any atom is -0.481 e. The number of aliphatic carboxylic acids is 1. The van der Waals surface area contributed by atoms with E-state index in [4.69, 9.17) is 4.74 Å². The van der Waals surface area contributed by atoms with Crippen molar-refractivity contribution < 1.29 is 24.2 Å². The van der Waals surface area contributed by atoms with Crippen LogP contribution >= 0.6 is 0 Å². The second-order valence-corrected chi connectivity index (χ2v) is 10.3. The molecule has 4 unspecified atom stereocenters. The number of hydrogen-bond donors (Lipinski definition) is 3. The lowest BCUT2D eigenvalue weighted by Crippen LogP contribution is -2.51. The number of carbonyl (C=O) groups is 3. The molecule has 0 heterocycles. The summed E-state index contributed by atoms with van der Waals surface area (Å²) in [6.07, 6.45) is 3.05. The first kappa shape index (κ1) is 21.2. The molecule has 176 valence electrons. The molecule has 2 amide bonds. The molecule has 4 atom stereocenters. The molecule has 0 radical (unpaired) electrons. The molecule has 0 aliphatic heterocycles. The molecule has 2 aromatic rings. The number of rotatable bonds is 7. The van der Waals surface area contributed by atoms with Gasteiger partial charge in [0.25, 0.3) is 0 Å². The zero-order valence-electron chi connectivity index (χ0n) is 18.8. The van der Waals surface area contributed by atoms with Crippen LogP contribution in [0.3, 0.4) is 0 Å². The average Bonchev–Trinajstić information content (AvgIpc) is 3.74. The van der Waals surface area contributed by atoms with Gasteiger partial charge in [0.05, 0.1) is 5.41 Å². The van der Waals surface area contributed by atoms with E-state index in [1.165, 1.54) is 0 Å². The van der Waals surface area contributed by atoms with Gasteiger partial charge in [-0.3, -0.25) is 9.59 Å². The molecule has 0 saturated heterocycles. The number of nitrogens with one attached hydrogen (secondary N) is 2. The van der Waals surface area contributed by atoms with Gasteiger partial charge >= 0.3 is 12.1 Å². The second kappa shape index (κ2) is 7.86. The maximum Gasteiger partial charge on any atom is 0.407 e. The third-order valence-corrected chi connectivity index (χ3v) is 8.18. The van der Waals surface area contributed by atoms with Crippen molar-refractivity contribution in [1.82, 2.24) is 10.6 Å². The van der Waals surface area contributed by atoms with Crippen molar-refractivity contribution in [1.29, 1.82) is 0 Å². The first-order chi connectivity index (χ1) is 16.5. The quantitative estimate of drug-likeness (QED) is 0.585. The van der Waals surface area contributed by atoms with Crippen LogP contribution in [-0.4, -0.2) is 41.8 Å². The van der Waals surface area contributed by atoms with Crippen LogP contribution in [0, 0.1) is 17.3 Å². The highest BCUT2D eigenvalue weighted by atomic mass is 16.5. The predicted molar refractivity (Wildman–Crippen MR) is 124 cm³/mol. The zero-order valence-corrected chi connectivity index (χ0v) is 18.8. The van der Waals surface area contributed by atoms with Gasteiger partial charge < -0.3 is 20.5 Å². The summed E-state index contributed by atoms with van der Waals surface area (Å²) < 4.78 is 5.63. The molecule has 6 rings (SSSR count). The Morgan fingerprint density at radius 2 is 1.65 bits per heavy atom. The number of carbonyl (C=O) groups excluding carboxylic acids is 2. The molecule has 2 aromatic carbocycles. The van der Waals surface area contributed by atoms with Crippen molar-refractivity contribution in [2.24, 2.45) is 17.3 Å². The van der Waals surface area contributed by atoms with Crippen LogP contribution in [0.1, 0.15) is 49.1 Å². The van der Waals surface area contributed by atoms with Gasteiger partial charge in [-0.15, -0.1) is 0 Å². The van der Waals surface area contributed by atoms with Gasteiger partial charge in [0.2, 0.25) is 5.91 Å². The molecule has 4 aliphatic carbocycles. The summed E-state index contributed by atoms with van der Waals surface area (Å²) in [6.45, 7) is 0.199. The molecule has 0 aromatic heterocycles. The van der Waals surface area contributed by atoms with Gasteiger partial charge in [-0.1, -0.05) is 48.5 Å². The van der Waals surface area contributed by atoms with Gasteiger partial charge in [0, 0.05) is 12.0 Å². The van der Waals surface area contributed by atoms with Gasteiger partial charge in [-0.2, -0.15) is 0 Å². The normalized spacial score (nSPS) is 27.2. The first-order valence-corrected chi connectivity index (χ1v) is 12.1. The number of carboxylic acid groups (broad SMARTS) is 1. The Balaban J connectivity index is 1.08. The fraction of sp³-hybridized carbons (Fsp3) is 0.444. The molecule has 7 heteroatoms. The zero-order chi connectivity index (χ0) is 23.4. The van der Waals surface area contributed by atoms with Crippen LogP contribution in [0.15, 0.2) is 48.5 Å². The van der Waals surface area contributed by atoms with E-state index in [1.54, 1.807) is 0 Å².